The summed E-state index contributed by atoms with van der Waals surface area (Å²) in [6, 6.07) is 25.0. The summed E-state index contributed by atoms with van der Waals surface area (Å²) in [5.74, 6) is 0.131. The molecule has 2 amide bonds. The third kappa shape index (κ3) is 5.43. The van der Waals surface area contributed by atoms with Crippen LogP contribution in [-0.2, 0) is 10.2 Å². The molecule has 0 atom stereocenters. The van der Waals surface area contributed by atoms with Gasteiger partial charge in [-0.05, 0) is 48.9 Å². The van der Waals surface area contributed by atoms with Crippen molar-refractivity contribution in [2.24, 2.45) is 0 Å². The van der Waals surface area contributed by atoms with E-state index in [4.69, 9.17) is 5.10 Å². The zero-order valence-electron chi connectivity index (χ0n) is 20.9. The van der Waals surface area contributed by atoms with E-state index >= 15 is 0 Å². The summed E-state index contributed by atoms with van der Waals surface area (Å²) < 4.78 is 1.74. The maximum absolute atomic E-state index is 13.4. The molecule has 1 N–H and O–H groups in total. The van der Waals surface area contributed by atoms with Crippen LogP contribution in [0.25, 0.3) is 16.5 Å². The summed E-state index contributed by atoms with van der Waals surface area (Å²) in [5.41, 5.74) is 2.10. The van der Waals surface area contributed by atoms with Gasteiger partial charge in [0.15, 0.2) is 0 Å². The van der Waals surface area contributed by atoms with Crippen LogP contribution in [0.4, 0.5) is 5.82 Å². The van der Waals surface area contributed by atoms with E-state index in [0.29, 0.717) is 11.4 Å². The van der Waals surface area contributed by atoms with Crippen molar-refractivity contribution in [3.63, 3.8) is 0 Å². The standard InChI is InChI=1S/C29H32N4O2/c1-20(2)32(28(35)23-16-15-21-11-9-10-12-22(21)17-23)19-27(34)30-26-18-25(29(3,4)5)31-33(26)24-13-7-6-8-14-24/h6-18,20H,19H2,1-5H3,(H,30,34). The minimum absolute atomic E-state index is 0.0614. The van der Waals surface area contributed by atoms with E-state index in [1.165, 1.54) is 0 Å². The molecule has 0 aliphatic carbocycles. The van der Waals surface area contributed by atoms with Gasteiger partial charge in [-0.3, -0.25) is 9.59 Å². The van der Waals surface area contributed by atoms with Gasteiger partial charge >= 0.3 is 0 Å². The van der Waals surface area contributed by atoms with E-state index in [0.717, 1.165) is 22.2 Å². The van der Waals surface area contributed by atoms with E-state index in [9.17, 15) is 9.59 Å². The van der Waals surface area contributed by atoms with Crippen LogP contribution in [-0.4, -0.2) is 39.1 Å². The van der Waals surface area contributed by atoms with E-state index in [1.807, 2.05) is 92.7 Å². The van der Waals surface area contributed by atoms with Crippen LogP contribution in [0, 0.1) is 0 Å². The van der Waals surface area contributed by atoms with E-state index in [2.05, 4.69) is 26.1 Å². The SMILES string of the molecule is CC(C)N(CC(=O)Nc1cc(C(C)(C)C)nn1-c1ccccc1)C(=O)c1ccc2ccccc2c1. The van der Waals surface area contributed by atoms with Gasteiger partial charge in [-0.1, -0.05) is 69.3 Å². The average molecular weight is 469 g/mol. The van der Waals surface area contributed by atoms with Crippen molar-refractivity contribution in [1.82, 2.24) is 14.7 Å². The number of rotatable bonds is 6. The van der Waals surface area contributed by atoms with Crippen molar-refractivity contribution in [3.8, 4) is 5.69 Å². The lowest BCUT2D eigenvalue weighted by Crippen LogP contribution is -2.42. The summed E-state index contributed by atoms with van der Waals surface area (Å²) in [6.07, 6.45) is 0. The Hall–Kier alpha value is -3.93. The first-order valence-electron chi connectivity index (χ1n) is 11.9. The molecule has 0 spiro atoms. The summed E-state index contributed by atoms with van der Waals surface area (Å²) in [4.78, 5) is 28.1. The van der Waals surface area contributed by atoms with Crippen LogP contribution in [0.5, 0.6) is 0 Å². The number of aromatic nitrogens is 2. The van der Waals surface area contributed by atoms with Crippen LogP contribution in [0.2, 0.25) is 0 Å². The lowest BCUT2D eigenvalue weighted by Gasteiger charge is -2.26. The van der Waals surface area contributed by atoms with Crippen molar-refractivity contribution >= 4 is 28.4 Å². The van der Waals surface area contributed by atoms with E-state index < -0.39 is 0 Å². The number of hydrogen-bond acceptors (Lipinski definition) is 3. The van der Waals surface area contributed by atoms with Gasteiger partial charge in [0.1, 0.15) is 12.4 Å². The molecule has 0 bridgehead atoms. The van der Waals surface area contributed by atoms with Gasteiger partial charge in [0, 0.05) is 23.1 Å². The zero-order chi connectivity index (χ0) is 25.2. The number of para-hydroxylation sites is 1. The molecule has 35 heavy (non-hydrogen) atoms. The second kappa shape index (κ2) is 9.74. The molecule has 0 unspecified atom stereocenters. The molecule has 3 aromatic carbocycles. The number of nitrogens with one attached hydrogen (secondary N) is 1. The van der Waals surface area contributed by atoms with Gasteiger partial charge in [0.25, 0.3) is 5.91 Å². The zero-order valence-corrected chi connectivity index (χ0v) is 20.9. The topological polar surface area (TPSA) is 67.2 Å². The highest BCUT2D eigenvalue weighted by Gasteiger charge is 2.25. The molecular formula is C29H32N4O2. The van der Waals surface area contributed by atoms with Crippen LogP contribution in [0.1, 0.15) is 50.7 Å². The van der Waals surface area contributed by atoms with Gasteiger partial charge in [-0.15, -0.1) is 0 Å². The Bertz CT molecular complexity index is 1350. The Labute approximate surface area is 206 Å². The maximum atomic E-state index is 13.4. The number of hydrogen-bond donors (Lipinski definition) is 1. The number of amides is 2. The highest BCUT2D eigenvalue weighted by atomic mass is 16.2. The Balaban J connectivity index is 1.58. The number of carbonyl (C=O) groups excluding carboxylic acids is 2. The number of carbonyl (C=O) groups is 2. The van der Waals surface area contributed by atoms with Gasteiger partial charge in [-0.25, -0.2) is 4.68 Å². The monoisotopic (exact) mass is 468 g/mol. The van der Waals surface area contributed by atoms with Gasteiger partial charge in [0.2, 0.25) is 5.91 Å². The Morgan fingerprint density at radius 3 is 2.23 bits per heavy atom. The lowest BCUT2D eigenvalue weighted by atomic mass is 9.92. The third-order valence-electron chi connectivity index (χ3n) is 5.94. The Morgan fingerprint density at radius 2 is 1.57 bits per heavy atom. The summed E-state index contributed by atoms with van der Waals surface area (Å²) in [5, 5.41) is 9.81. The molecular weight excluding hydrogens is 436 g/mol. The fourth-order valence-electron chi connectivity index (χ4n) is 3.92. The second-order valence-electron chi connectivity index (χ2n) is 10.0. The molecule has 180 valence electrons. The minimum atomic E-state index is -0.273. The molecule has 0 saturated carbocycles. The number of benzene rings is 3. The number of nitrogens with zero attached hydrogens (tertiary/aromatic N) is 3. The smallest absolute Gasteiger partial charge is 0.254 e. The quantitative estimate of drug-likeness (QED) is 0.388. The Kier molecular flexibility index (Phi) is 6.74. The fourth-order valence-corrected chi connectivity index (χ4v) is 3.92. The molecule has 4 aromatic rings. The molecule has 0 radical (unpaired) electrons. The first-order valence-corrected chi connectivity index (χ1v) is 11.9. The molecule has 0 aliphatic heterocycles. The molecule has 4 rings (SSSR count). The molecule has 1 aromatic heterocycles. The normalized spacial score (nSPS) is 11.6. The van der Waals surface area contributed by atoms with Crippen LogP contribution >= 0.6 is 0 Å². The summed E-state index contributed by atoms with van der Waals surface area (Å²) in [7, 11) is 0. The molecule has 0 saturated heterocycles. The number of anilines is 1. The van der Waals surface area contributed by atoms with Crippen LogP contribution in [0.15, 0.2) is 78.9 Å². The van der Waals surface area contributed by atoms with Crippen molar-refractivity contribution in [3.05, 3.63) is 90.1 Å². The minimum Gasteiger partial charge on any atom is -0.327 e. The first kappa shape index (κ1) is 24.2. The summed E-state index contributed by atoms with van der Waals surface area (Å²) in [6.45, 7) is 10.0. The summed E-state index contributed by atoms with van der Waals surface area (Å²) >= 11 is 0. The molecule has 0 aliphatic rings. The third-order valence-corrected chi connectivity index (χ3v) is 5.94. The lowest BCUT2D eigenvalue weighted by molar-refractivity contribution is -0.117. The predicted molar refractivity (Wildman–Crippen MR) is 141 cm³/mol. The Morgan fingerprint density at radius 1 is 0.914 bits per heavy atom. The van der Waals surface area contributed by atoms with Crippen molar-refractivity contribution in [2.45, 2.75) is 46.1 Å². The van der Waals surface area contributed by atoms with Gasteiger partial charge < -0.3 is 10.2 Å². The van der Waals surface area contributed by atoms with Gasteiger partial charge in [0.05, 0.1) is 11.4 Å². The molecule has 0 fully saturated rings. The highest BCUT2D eigenvalue weighted by molar-refractivity contribution is 6.01. The average Bonchev–Trinajstić information content (AvgIpc) is 3.26. The first-order chi connectivity index (χ1) is 16.6. The predicted octanol–water partition coefficient (Wildman–Crippen LogP) is 5.81. The highest BCUT2D eigenvalue weighted by Crippen LogP contribution is 2.26. The van der Waals surface area contributed by atoms with Crippen molar-refractivity contribution < 1.29 is 9.59 Å². The molecule has 6 heteroatoms. The van der Waals surface area contributed by atoms with E-state index in [1.54, 1.807) is 9.58 Å². The molecule has 1 heterocycles. The van der Waals surface area contributed by atoms with Crippen LogP contribution < -0.4 is 5.32 Å². The maximum Gasteiger partial charge on any atom is 0.254 e. The van der Waals surface area contributed by atoms with Crippen molar-refractivity contribution in [1.29, 1.82) is 0 Å². The van der Waals surface area contributed by atoms with Crippen LogP contribution in [0.3, 0.4) is 0 Å². The largest absolute Gasteiger partial charge is 0.327 e. The van der Waals surface area contributed by atoms with Crippen molar-refractivity contribution in [2.75, 3.05) is 11.9 Å². The second-order valence-corrected chi connectivity index (χ2v) is 10.0. The molecule has 6 nitrogen and oxygen atoms in total. The fraction of sp³-hybridized carbons (Fsp3) is 0.276. The number of fused-ring (bicyclic) bond motifs is 1. The van der Waals surface area contributed by atoms with Gasteiger partial charge in [-0.2, -0.15) is 5.10 Å². The van der Waals surface area contributed by atoms with E-state index in [-0.39, 0.29) is 29.8 Å².